The van der Waals surface area contributed by atoms with Crippen LogP contribution in [0.1, 0.15) is 0 Å². The number of anilines is 2. The molecule has 3 aromatic carbocycles. The van der Waals surface area contributed by atoms with Gasteiger partial charge in [0, 0.05) is 38.3 Å². The van der Waals surface area contributed by atoms with E-state index in [1.54, 1.807) is 36.4 Å². The molecular weight excluding hydrogens is 552 g/mol. The van der Waals surface area contributed by atoms with Crippen molar-refractivity contribution < 1.29 is 9.13 Å². The molecule has 2 aromatic heterocycles. The zero-order valence-electron chi connectivity index (χ0n) is 21.5. The number of aromatic nitrogens is 4. The maximum Gasteiger partial charge on any atom is 0.228 e. The second-order valence-electron chi connectivity index (χ2n) is 9.44. The van der Waals surface area contributed by atoms with Gasteiger partial charge in [-0.25, -0.2) is 14.1 Å². The van der Waals surface area contributed by atoms with Gasteiger partial charge < -0.3 is 15.4 Å². The highest BCUT2D eigenvalue weighted by atomic mass is 35.5. The van der Waals surface area contributed by atoms with E-state index in [2.05, 4.69) is 14.9 Å². The Morgan fingerprint density at radius 2 is 1.62 bits per heavy atom. The van der Waals surface area contributed by atoms with E-state index in [1.807, 2.05) is 30.3 Å². The molecule has 0 aliphatic carbocycles. The van der Waals surface area contributed by atoms with Gasteiger partial charge >= 0.3 is 0 Å². The van der Waals surface area contributed by atoms with Crippen molar-refractivity contribution in [2.24, 2.45) is 0 Å². The molecular formula is C29H26Cl2FN7O. The lowest BCUT2D eigenvalue weighted by Crippen LogP contribution is -2.48. The number of nitrogens with zero attached hydrogens (tertiary/aromatic N) is 6. The zero-order chi connectivity index (χ0) is 27.6. The number of ether oxygens (including phenoxy) is 1. The van der Waals surface area contributed by atoms with Crippen molar-refractivity contribution in [3.05, 3.63) is 88.7 Å². The Morgan fingerprint density at radius 1 is 0.875 bits per heavy atom. The number of fused-ring (bicyclic) bond motifs is 1. The molecule has 0 unspecified atom stereocenters. The molecule has 0 amide bonds. The van der Waals surface area contributed by atoms with E-state index in [0.717, 1.165) is 25.4 Å². The summed E-state index contributed by atoms with van der Waals surface area (Å²) in [4.78, 5) is 14.0. The first-order valence-corrected chi connectivity index (χ1v) is 13.7. The van der Waals surface area contributed by atoms with Crippen LogP contribution in [0, 0.1) is 5.82 Å². The van der Waals surface area contributed by atoms with Crippen molar-refractivity contribution in [3.63, 3.8) is 0 Å². The van der Waals surface area contributed by atoms with Crippen LogP contribution in [0.5, 0.6) is 5.75 Å². The number of para-hydroxylation sites is 1. The summed E-state index contributed by atoms with van der Waals surface area (Å²) in [7, 11) is 0. The number of hydrogen-bond donors (Lipinski definition) is 1. The molecule has 2 N–H and O–H groups in total. The molecule has 6 rings (SSSR count). The molecule has 11 heteroatoms. The van der Waals surface area contributed by atoms with Crippen LogP contribution in [-0.4, -0.2) is 64.0 Å². The van der Waals surface area contributed by atoms with Gasteiger partial charge in [0.15, 0.2) is 5.65 Å². The third kappa shape index (κ3) is 5.28. The monoisotopic (exact) mass is 577 g/mol. The van der Waals surface area contributed by atoms with Crippen molar-refractivity contribution in [2.75, 3.05) is 50.0 Å². The fourth-order valence-corrected chi connectivity index (χ4v) is 5.08. The van der Waals surface area contributed by atoms with Crippen LogP contribution >= 0.6 is 23.2 Å². The van der Waals surface area contributed by atoms with E-state index in [4.69, 9.17) is 43.6 Å². The summed E-state index contributed by atoms with van der Waals surface area (Å²) in [5.74, 6) is 1.22. The summed E-state index contributed by atoms with van der Waals surface area (Å²) in [5, 5.41) is 5.92. The number of benzene rings is 3. The molecule has 0 saturated carbocycles. The summed E-state index contributed by atoms with van der Waals surface area (Å²) in [6.07, 6.45) is 0. The number of rotatable bonds is 7. The van der Waals surface area contributed by atoms with E-state index in [-0.39, 0.29) is 5.82 Å². The van der Waals surface area contributed by atoms with Crippen molar-refractivity contribution in [1.29, 1.82) is 0 Å². The predicted molar refractivity (Wildman–Crippen MR) is 157 cm³/mol. The fourth-order valence-electron chi connectivity index (χ4n) is 4.78. The normalized spacial score (nSPS) is 14.1. The van der Waals surface area contributed by atoms with Gasteiger partial charge in [0.1, 0.15) is 24.0 Å². The van der Waals surface area contributed by atoms with Gasteiger partial charge in [-0.3, -0.25) is 4.90 Å². The van der Waals surface area contributed by atoms with E-state index < -0.39 is 5.82 Å². The SMILES string of the molecule is Nc1c2c(-c3ccccc3F)nc(N3CCN(CCOc4ccccc4)CC3)nc2nn1-c1ccc(Cl)c(Cl)c1. The summed E-state index contributed by atoms with van der Waals surface area (Å²) >= 11 is 12.4. The van der Waals surface area contributed by atoms with Crippen molar-refractivity contribution in [1.82, 2.24) is 24.6 Å². The van der Waals surface area contributed by atoms with Gasteiger partial charge in [-0.05, 0) is 42.5 Å². The lowest BCUT2D eigenvalue weighted by molar-refractivity contribution is 0.200. The Labute approximate surface area is 240 Å². The Morgan fingerprint density at radius 3 is 2.38 bits per heavy atom. The Kier molecular flexibility index (Phi) is 7.42. The van der Waals surface area contributed by atoms with Crippen LogP contribution in [0.3, 0.4) is 0 Å². The Hall–Kier alpha value is -3.92. The van der Waals surface area contributed by atoms with Gasteiger partial charge in [0.25, 0.3) is 0 Å². The molecule has 204 valence electrons. The largest absolute Gasteiger partial charge is 0.492 e. The minimum absolute atomic E-state index is 0.279. The molecule has 40 heavy (non-hydrogen) atoms. The zero-order valence-corrected chi connectivity index (χ0v) is 23.0. The molecule has 1 aliphatic rings. The van der Waals surface area contributed by atoms with Gasteiger partial charge in [-0.15, -0.1) is 5.10 Å². The van der Waals surface area contributed by atoms with E-state index in [1.165, 1.54) is 10.7 Å². The highest BCUT2D eigenvalue weighted by Gasteiger charge is 2.25. The minimum Gasteiger partial charge on any atom is -0.492 e. The number of halogens is 3. The lowest BCUT2D eigenvalue weighted by atomic mass is 10.1. The van der Waals surface area contributed by atoms with Gasteiger partial charge in [-0.2, -0.15) is 4.98 Å². The van der Waals surface area contributed by atoms with E-state index >= 15 is 4.39 Å². The van der Waals surface area contributed by atoms with E-state index in [0.29, 0.717) is 63.7 Å². The Bertz CT molecular complexity index is 1660. The summed E-state index contributed by atoms with van der Waals surface area (Å²) in [6.45, 7) is 4.46. The smallest absolute Gasteiger partial charge is 0.228 e. The third-order valence-corrected chi connectivity index (χ3v) is 7.65. The highest BCUT2D eigenvalue weighted by Crippen LogP contribution is 2.35. The molecule has 0 atom stereocenters. The van der Waals surface area contributed by atoms with Crippen LogP contribution in [0.2, 0.25) is 10.0 Å². The number of hydrogen-bond acceptors (Lipinski definition) is 7. The lowest BCUT2D eigenvalue weighted by Gasteiger charge is -2.34. The maximum absolute atomic E-state index is 15.0. The average molecular weight is 578 g/mol. The van der Waals surface area contributed by atoms with Crippen molar-refractivity contribution in [2.45, 2.75) is 0 Å². The van der Waals surface area contributed by atoms with Gasteiger partial charge in [0.2, 0.25) is 5.95 Å². The van der Waals surface area contributed by atoms with E-state index in [9.17, 15) is 0 Å². The number of nitrogens with two attached hydrogens (primary N) is 1. The van der Waals surface area contributed by atoms with Gasteiger partial charge in [-0.1, -0.05) is 53.5 Å². The van der Waals surface area contributed by atoms with Gasteiger partial charge in [0.05, 0.1) is 26.8 Å². The summed E-state index contributed by atoms with van der Waals surface area (Å²) < 4.78 is 22.4. The molecule has 5 aromatic rings. The molecule has 8 nitrogen and oxygen atoms in total. The first-order valence-electron chi connectivity index (χ1n) is 12.9. The predicted octanol–water partition coefficient (Wildman–Crippen LogP) is 5.71. The van der Waals surface area contributed by atoms with Crippen LogP contribution in [0.15, 0.2) is 72.8 Å². The summed E-state index contributed by atoms with van der Waals surface area (Å²) in [5.41, 5.74) is 8.26. The third-order valence-electron chi connectivity index (χ3n) is 6.91. The van der Waals surface area contributed by atoms with Crippen LogP contribution < -0.4 is 15.4 Å². The average Bonchev–Trinajstić information content (AvgIpc) is 3.31. The second-order valence-corrected chi connectivity index (χ2v) is 10.3. The Balaban J connectivity index is 1.29. The molecule has 0 radical (unpaired) electrons. The van der Waals surface area contributed by atoms with Crippen LogP contribution in [0.25, 0.3) is 28.0 Å². The first kappa shape index (κ1) is 26.3. The quantitative estimate of drug-likeness (QED) is 0.265. The van der Waals surface area contributed by atoms with Crippen molar-refractivity contribution in [3.8, 4) is 22.7 Å². The minimum atomic E-state index is -0.404. The molecule has 3 heterocycles. The molecule has 0 spiro atoms. The maximum atomic E-state index is 15.0. The molecule has 1 saturated heterocycles. The second kappa shape index (κ2) is 11.3. The topological polar surface area (TPSA) is 85.3 Å². The standard InChI is InChI=1S/C29H26Cl2FN7O/c30-22-11-10-19(18-23(22)31)39-27(33)25-26(21-8-4-5-9-24(21)32)34-29(35-28(25)36-39)38-14-12-37(13-15-38)16-17-40-20-6-2-1-3-7-20/h1-11,18H,12-17,33H2. The first-order chi connectivity index (χ1) is 19.5. The van der Waals surface area contributed by atoms with Crippen LogP contribution in [-0.2, 0) is 0 Å². The van der Waals surface area contributed by atoms with Crippen LogP contribution in [0.4, 0.5) is 16.2 Å². The summed E-state index contributed by atoms with van der Waals surface area (Å²) in [6, 6.07) is 21.4. The van der Waals surface area contributed by atoms with Crippen molar-refractivity contribution >= 4 is 46.0 Å². The number of nitrogen functional groups attached to an aromatic ring is 1. The fraction of sp³-hybridized carbons (Fsp3) is 0.207. The molecule has 0 bridgehead atoms. The highest BCUT2D eigenvalue weighted by molar-refractivity contribution is 6.42. The molecule has 1 fully saturated rings. The molecule has 1 aliphatic heterocycles. The number of piperazine rings is 1.